The van der Waals surface area contributed by atoms with Gasteiger partial charge in [0.05, 0.1) is 0 Å². The maximum atomic E-state index is 13.0. The Labute approximate surface area is 511 Å². The smallest absolute Gasteiger partial charge is 0.306 e. The van der Waals surface area contributed by atoms with Gasteiger partial charge in [-0.3, -0.25) is 14.4 Å². The summed E-state index contributed by atoms with van der Waals surface area (Å²) in [5.74, 6) is -0.842. The molecule has 0 heterocycles. The van der Waals surface area contributed by atoms with Crippen LogP contribution in [0, 0.1) is 0 Å². The molecule has 1 atom stereocenters. The van der Waals surface area contributed by atoms with Crippen LogP contribution in [0.5, 0.6) is 0 Å². The predicted octanol–water partition coefficient (Wildman–Crippen LogP) is 25.3. The van der Waals surface area contributed by atoms with Gasteiger partial charge in [0.25, 0.3) is 0 Å². The Hall–Kier alpha value is -2.63. The first kappa shape index (κ1) is 79.4. The SMILES string of the molecule is CC/C=C\C/C=C\C/C=C\C/C=C\CCCCCCCCCCCCC(=O)OC(COC(=O)CCCCCCCCCCCCCCCCC)COC(=O)CCCCCCCCCCCCCCCCCCCCCCCCCCCC. The van der Waals surface area contributed by atoms with Crippen LogP contribution in [-0.2, 0) is 28.6 Å². The van der Waals surface area contributed by atoms with E-state index in [0.717, 1.165) is 83.5 Å². The lowest BCUT2D eigenvalue weighted by molar-refractivity contribution is -0.167. The summed E-state index contributed by atoms with van der Waals surface area (Å²) in [6.45, 7) is 6.61. The van der Waals surface area contributed by atoms with E-state index in [1.807, 2.05) is 0 Å². The summed E-state index contributed by atoms with van der Waals surface area (Å²) in [5, 5.41) is 0. The molecule has 82 heavy (non-hydrogen) atoms. The molecular weight excluding hydrogens is 1010 g/mol. The largest absolute Gasteiger partial charge is 0.462 e. The molecule has 0 radical (unpaired) electrons. The summed E-state index contributed by atoms with van der Waals surface area (Å²) in [6, 6.07) is 0. The monoisotopic (exact) mass is 1150 g/mol. The van der Waals surface area contributed by atoms with E-state index in [4.69, 9.17) is 14.2 Å². The second-order valence-electron chi connectivity index (χ2n) is 24.8. The molecule has 0 rings (SSSR count). The van der Waals surface area contributed by atoms with Gasteiger partial charge >= 0.3 is 17.9 Å². The molecule has 6 nitrogen and oxygen atoms in total. The summed E-state index contributed by atoms with van der Waals surface area (Å²) in [6.07, 6.45) is 90.0. The van der Waals surface area contributed by atoms with Crippen molar-refractivity contribution in [2.24, 2.45) is 0 Å². The summed E-state index contributed by atoms with van der Waals surface area (Å²) in [5.41, 5.74) is 0. The number of unbranched alkanes of at least 4 members (excludes halogenated alkanes) is 49. The van der Waals surface area contributed by atoms with Crippen LogP contribution in [0.1, 0.15) is 400 Å². The second-order valence-corrected chi connectivity index (χ2v) is 24.8. The molecule has 1 unspecified atom stereocenters. The van der Waals surface area contributed by atoms with Gasteiger partial charge in [0.2, 0.25) is 0 Å². The molecule has 0 aliphatic carbocycles. The van der Waals surface area contributed by atoms with Gasteiger partial charge in [-0.25, -0.2) is 0 Å². The van der Waals surface area contributed by atoms with Gasteiger partial charge in [0.1, 0.15) is 13.2 Å². The lowest BCUT2D eigenvalue weighted by atomic mass is 10.0. The van der Waals surface area contributed by atoms with Crippen molar-refractivity contribution in [2.45, 2.75) is 406 Å². The summed E-state index contributed by atoms with van der Waals surface area (Å²) >= 11 is 0. The van der Waals surface area contributed by atoms with Crippen molar-refractivity contribution in [1.29, 1.82) is 0 Å². The van der Waals surface area contributed by atoms with Crippen molar-refractivity contribution in [3.05, 3.63) is 48.6 Å². The van der Waals surface area contributed by atoms with Crippen LogP contribution >= 0.6 is 0 Å². The molecule has 0 aromatic heterocycles. The van der Waals surface area contributed by atoms with E-state index in [-0.39, 0.29) is 31.1 Å². The number of carbonyl (C=O) groups is 3. The van der Waals surface area contributed by atoms with Gasteiger partial charge in [0.15, 0.2) is 6.10 Å². The zero-order chi connectivity index (χ0) is 59.2. The number of hydrogen-bond donors (Lipinski definition) is 0. The highest BCUT2D eigenvalue weighted by Gasteiger charge is 2.19. The number of hydrogen-bond acceptors (Lipinski definition) is 6. The van der Waals surface area contributed by atoms with Crippen molar-refractivity contribution in [2.75, 3.05) is 13.2 Å². The van der Waals surface area contributed by atoms with Crippen LogP contribution in [0.25, 0.3) is 0 Å². The van der Waals surface area contributed by atoms with E-state index in [1.54, 1.807) is 0 Å². The van der Waals surface area contributed by atoms with Crippen LogP contribution in [0.3, 0.4) is 0 Å². The van der Waals surface area contributed by atoms with Crippen LogP contribution in [0.4, 0.5) is 0 Å². The Morgan fingerprint density at radius 2 is 0.476 bits per heavy atom. The van der Waals surface area contributed by atoms with Crippen molar-refractivity contribution < 1.29 is 28.6 Å². The Bertz CT molecular complexity index is 1410. The highest BCUT2D eigenvalue weighted by atomic mass is 16.6. The standard InChI is InChI=1S/C76H140O6/c1-4-7-10-13-16-19-22-25-28-30-32-34-36-37-38-40-41-43-45-48-51-54-57-60-63-66-69-75(78)81-72-73(71-80-74(77)68-65-62-59-56-53-50-47-27-24-21-18-15-12-9-6-3)82-76(79)70-67-64-61-58-55-52-49-46-44-42-39-35-33-31-29-26-23-20-17-14-11-8-5-2/h8,11,17,20,26,29,33,35,73H,4-7,9-10,12-16,18-19,21-25,27-28,30-32,34,36-72H2,1-3H3/b11-8-,20-17-,29-26-,35-33-. The minimum absolute atomic E-state index is 0.0687. The molecular formula is C76H140O6. The van der Waals surface area contributed by atoms with E-state index in [9.17, 15) is 14.4 Å². The third-order valence-corrected chi connectivity index (χ3v) is 16.6. The minimum atomic E-state index is -0.774. The maximum Gasteiger partial charge on any atom is 0.306 e. The fraction of sp³-hybridized carbons (Fsp3) is 0.855. The van der Waals surface area contributed by atoms with E-state index >= 15 is 0 Å². The second kappa shape index (κ2) is 70.9. The lowest BCUT2D eigenvalue weighted by Crippen LogP contribution is -2.30. The molecule has 0 aliphatic rings. The normalized spacial score (nSPS) is 12.3. The third-order valence-electron chi connectivity index (χ3n) is 16.6. The molecule has 480 valence electrons. The average Bonchev–Trinajstić information content (AvgIpc) is 3.47. The van der Waals surface area contributed by atoms with Crippen LogP contribution < -0.4 is 0 Å². The molecule has 0 aromatic carbocycles. The summed E-state index contributed by atoms with van der Waals surface area (Å²) in [7, 11) is 0. The molecule has 0 N–H and O–H groups in total. The first-order valence-electron chi connectivity index (χ1n) is 36.6. The topological polar surface area (TPSA) is 78.9 Å². The van der Waals surface area contributed by atoms with E-state index < -0.39 is 6.10 Å². The van der Waals surface area contributed by atoms with Gasteiger partial charge in [-0.2, -0.15) is 0 Å². The Kier molecular flexibility index (Phi) is 68.6. The lowest BCUT2D eigenvalue weighted by Gasteiger charge is -2.18. The molecule has 0 aromatic rings. The van der Waals surface area contributed by atoms with Crippen molar-refractivity contribution in [3.63, 3.8) is 0 Å². The molecule has 0 saturated carbocycles. The van der Waals surface area contributed by atoms with E-state index in [0.29, 0.717) is 19.3 Å². The molecule has 0 amide bonds. The van der Waals surface area contributed by atoms with Crippen LogP contribution in [0.2, 0.25) is 0 Å². The number of esters is 3. The quantitative estimate of drug-likeness (QED) is 0.0261. The van der Waals surface area contributed by atoms with Crippen molar-refractivity contribution >= 4 is 17.9 Å². The number of carbonyl (C=O) groups excluding carboxylic acids is 3. The molecule has 0 saturated heterocycles. The average molecular weight is 1150 g/mol. The molecule has 0 bridgehead atoms. The summed E-state index contributed by atoms with van der Waals surface area (Å²) in [4.78, 5) is 38.5. The molecule has 0 spiro atoms. The minimum Gasteiger partial charge on any atom is -0.462 e. The molecule has 6 heteroatoms. The third kappa shape index (κ3) is 68.2. The first-order chi connectivity index (χ1) is 40.5. The number of rotatable bonds is 68. The maximum absolute atomic E-state index is 13.0. The molecule has 0 fully saturated rings. The highest BCUT2D eigenvalue weighted by Crippen LogP contribution is 2.19. The van der Waals surface area contributed by atoms with Crippen LogP contribution in [-0.4, -0.2) is 37.2 Å². The summed E-state index contributed by atoms with van der Waals surface area (Å²) < 4.78 is 17.0. The Balaban J connectivity index is 4.25. The fourth-order valence-electron chi connectivity index (χ4n) is 11.1. The van der Waals surface area contributed by atoms with Crippen LogP contribution in [0.15, 0.2) is 48.6 Å². The Morgan fingerprint density at radius 3 is 0.744 bits per heavy atom. The fourth-order valence-corrected chi connectivity index (χ4v) is 11.1. The van der Waals surface area contributed by atoms with E-state index in [2.05, 4.69) is 69.4 Å². The van der Waals surface area contributed by atoms with E-state index in [1.165, 1.54) is 276 Å². The Morgan fingerprint density at radius 1 is 0.256 bits per heavy atom. The van der Waals surface area contributed by atoms with Gasteiger partial charge in [-0.05, 0) is 57.8 Å². The first-order valence-corrected chi connectivity index (χ1v) is 36.6. The zero-order valence-electron chi connectivity index (χ0n) is 55.3. The van der Waals surface area contributed by atoms with Gasteiger partial charge in [-0.1, -0.05) is 371 Å². The van der Waals surface area contributed by atoms with Gasteiger partial charge < -0.3 is 14.2 Å². The zero-order valence-corrected chi connectivity index (χ0v) is 55.3. The number of allylic oxidation sites excluding steroid dienone is 8. The predicted molar refractivity (Wildman–Crippen MR) is 358 cm³/mol. The van der Waals surface area contributed by atoms with Gasteiger partial charge in [-0.15, -0.1) is 0 Å². The van der Waals surface area contributed by atoms with Gasteiger partial charge in [0, 0.05) is 19.3 Å². The molecule has 0 aliphatic heterocycles. The van der Waals surface area contributed by atoms with Crippen molar-refractivity contribution in [3.8, 4) is 0 Å². The number of ether oxygens (including phenoxy) is 3. The van der Waals surface area contributed by atoms with Crippen molar-refractivity contribution in [1.82, 2.24) is 0 Å². The highest BCUT2D eigenvalue weighted by molar-refractivity contribution is 5.71.